The Morgan fingerprint density at radius 1 is 1.04 bits per heavy atom. The number of amides is 1. The second kappa shape index (κ2) is 6.37. The maximum atomic E-state index is 12.7. The van der Waals surface area contributed by atoms with Crippen molar-refractivity contribution in [1.29, 1.82) is 0 Å². The van der Waals surface area contributed by atoms with Gasteiger partial charge < -0.3 is 9.64 Å². The highest BCUT2D eigenvalue weighted by molar-refractivity contribution is 7.89. The van der Waals surface area contributed by atoms with Gasteiger partial charge in [0.1, 0.15) is 0 Å². The molecule has 0 radical (unpaired) electrons. The molecule has 7 heteroatoms. The van der Waals surface area contributed by atoms with E-state index in [9.17, 15) is 13.2 Å². The summed E-state index contributed by atoms with van der Waals surface area (Å²) in [6.07, 6.45) is 3.83. The predicted octanol–water partition coefficient (Wildman–Crippen LogP) is 1.72. The Morgan fingerprint density at radius 3 is 2.40 bits per heavy atom. The van der Waals surface area contributed by atoms with Gasteiger partial charge in [0.2, 0.25) is 10.0 Å². The highest BCUT2D eigenvalue weighted by Crippen LogP contribution is 2.38. The van der Waals surface area contributed by atoms with E-state index >= 15 is 0 Å². The molecule has 1 amide bonds. The first-order valence-corrected chi connectivity index (χ1v) is 10.4. The van der Waals surface area contributed by atoms with Gasteiger partial charge >= 0.3 is 0 Å². The molecular weight excluding hydrogens is 340 g/mol. The molecule has 1 atom stereocenters. The molecule has 136 valence electrons. The summed E-state index contributed by atoms with van der Waals surface area (Å²) in [6.45, 7) is 4.17. The van der Waals surface area contributed by atoms with E-state index in [1.807, 2.05) is 4.90 Å². The first-order chi connectivity index (χ1) is 12.0. The third-order valence-electron chi connectivity index (χ3n) is 5.71. The summed E-state index contributed by atoms with van der Waals surface area (Å²) < 4.78 is 32.1. The summed E-state index contributed by atoms with van der Waals surface area (Å²) >= 11 is 0. The number of nitrogens with zero attached hydrogens (tertiary/aromatic N) is 2. The van der Waals surface area contributed by atoms with Crippen LogP contribution in [-0.2, 0) is 14.8 Å². The fraction of sp³-hybridized carbons (Fsp3) is 0.611. The number of carbonyl (C=O) groups excluding carboxylic acids is 1. The Bertz CT molecular complexity index is 748. The van der Waals surface area contributed by atoms with Gasteiger partial charge in [-0.3, -0.25) is 4.79 Å². The van der Waals surface area contributed by atoms with E-state index in [1.54, 1.807) is 24.3 Å². The van der Waals surface area contributed by atoms with Gasteiger partial charge in [-0.15, -0.1) is 0 Å². The fourth-order valence-electron chi connectivity index (χ4n) is 4.11. The predicted molar refractivity (Wildman–Crippen MR) is 92.8 cm³/mol. The lowest BCUT2D eigenvalue weighted by atomic mass is 9.87. The Kier molecular flexibility index (Phi) is 4.33. The minimum absolute atomic E-state index is 0.0195. The van der Waals surface area contributed by atoms with Crippen LogP contribution in [0.25, 0.3) is 0 Å². The molecule has 3 heterocycles. The molecule has 0 aromatic heterocycles. The van der Waals surface area contributed by atoms with Crippen molar-refractivity contribution in [3.8, 4) is 0 Å². The molecule has 0 saturated carbocycles. The third-order valence-corrected chi connectivity index (χ3v) is 7.63. The van der Waals surface area contributed by atoms with Crippen LogP contribution >= 0.6 is 0 Å². The van der Waals surface area contributed by atoms with E-state index in [4.69, 9.17) is 4.74 Å². The Labute approximate surface area is 148 Å². The quantitative estimate of drug-likeness (QED) is 0.819. The number of sulfonamides is 1. The first kappa shape index (κ1) is 17.0. The van der Waals surface area contributed by atoms with Crippen molar-refractivity contribution < 1.29 is 17.9 Å². The molecule has 0 N–H and O–H groups in total. The highest BCUT2D eigenvalue weighted by Gasteiger charge is 2.42. The van der Waals surface area contributed by atoms with Gasteiger partial charge in [0, 0.05) is 43.8 Å². The number of carbonyl (C=O) groups is 1. The van der Waals surface area contributed by atoms with Crippen LogP contribution < -0.4 is 0 Å². The standard InChI is InChI=1S/C18H24N2O4S/c21-17(19-11-7-18(13-19)8-12-24-14-18)15-3-5-16(6-4-15)25(22,23)20-9-1-2-10-20/h3-6H,1-2,7-14H2/t18-/m1/s1. The summed E-state index contributed by atoms with van der Waals surface area (Å²) in [5.41, 5.74) is 0.686. The van der Waals surface area contributed by atoms with Crippen molar-refractivity contribution in [2.75, 3.05) is 39.4 Å². The second-order valence-corrected chi connectivity index (χ2v) is 9.35. The maximum absolute atomic E-state index is 12.7. The lowest BCUT2D eigenvalue weighted by Gasteiger charge is -2.22. The molecule has 0 aliphatic carbocycles. The van der Waals surface area contributed by atoms with Crippen LogP contribution in [0.15, 0.2) is 29.2 Å². The summed E-state index contributed by atoms with van der Waals surface area (Å²) in [7, 11) is -3.43. The summed E-state index contributed by atoms with van der Waals surface area (Å²) in [5.74, 6) is -0.0195. The van der Waals surface area contributed by atoms with Gasteiger partial charge in [-0.25, -0.2) is 8.42 Å². The Morgan fingerprint density at radius 2 is 1.76 bits per heavy atom. The SMILES string of the molecule is O=C(c1ccc(S(=O)(=O)N2CCCC2)cc1)N1CC[C@@]2(CCOC2)C1. The first-order valence-electron chi connectivity index (χ1n) is 8.98. The van der Waals surface area contributed by atoms with E-state index in [-0.39, 0.29) is 16.2 Å². The molecule has 4 rings (SSSR count). The fourth-order valence-corrected chi connectivity index (χ4v) is 5.63. The number of benzene rings is 1. The van der Waals surface area contributed by atoms with E-state index in [0.717, 1.165) is 52.0 Å². The van der Waals surface area contributed by atoms with Gasteiger partial charge in [0.15, 0.2) is 0 Å². The van der Waals surface area contributed by atoms with E-state index < -0.39 is 10.0 Å². The zero-order valence-electron chi connectivity index (χ0n) is 14.3. The lowest BCUT2D eigenvalue weighted by Crippen LogP contribution is -2.32. The smallest absolute Gasteiger partial charge is 0.253 e. The van der Waals surface area contributed by atoms with Crippen molar-refractivity contribution in [2.45, 2.75) is 30.6 Å². The van der Waals surface area contributed by atoms with Crippen molar-refractivity contribution in [3.05, 3.63) is 29.8 Å². The molecule has 3 saturated heterocycles. The van der Waals surface area contributed by atoms with Crippen LogP contribution in [0.5, 0.6) is 0 Å². The minimum Gasteiger partial charge on any atom is -0.381 e. The van der Waals surface area contributed by atoms with Gasteiger partial charge in [0.25, 0.3) is 5.91 Å². The molecule has 1 aromatic rings. The van der Waals surface area contributed by atoms with E-state index in [2.05, 4.69) is 0 Å². The average molecular weight is 364 g/mol. The van der Waals surface area contributed by atoms with Gasteiger partial charge in [-0.05, 0) is 49.9 Å². The van der Waals surface area contributed by atoms with Crippen LogP contribution in [0, 0.1) is 5.41 Å². The molecule has 3 aliphatic rings. The Balaban J connectivity index is 1.48. The average Bonchev–Trinajstić information content (AvgIpc) is 3.38. The van der Waals surface area contributed by atoms with Crippen LogP contribution in [0.3, 0.4) is 0 Å². The van der Waals surface area contributed by atoms with Crippen molar-refractivity contribution >= 4 is 15.9 Å². The molecule has 1 aromatic carbocycles. The monoisotopic (exact) mass is 364 g/mol. The summed E-state index contributed by atoms with van der Waals surface area (Å²) in [6, 6.07) is 6.40. The third kappa shape index (κ3) is 3.09. The Hall–Kier alpha value is -1.44. The van der Waals surface area contributed by atoms with E-state index in [1.165, 1.54) is 4.31 Å². The van der Waals surface area contributed by atoms with Crippen LogP contribution in [-0.4, -0.2) is 62.9 Å². The van der Waals surface area contributed by atoms with Crippen molar-refractivity contribution in [1.82, 2.24) is 9.21 Å². The maximum Gasteiger partial charge on any atom is 0.253 e. The number of hydrogen-bond acceptors (Lipinski definition) is 4. The van der Waals surface area contributed by atoms with Crippen LogP contribution in [0.4, 0.5) is 0 Å². The number of likely N-dealkylation sites (tertiary alicyclic amines) is 1. The zero-order chi connectivity index (χ0) is 17.5. The number of hydrogen-bond donors (Lipinski definition) is 0. The number of rotatable bonds is 3. The highest BCUT2D eigenvalue weighted by atomic mass is 32.2. The molecule has 3 fully saturated rings. The van der Waals surface area contributed by atoms with Crippen LogP contribution in [0.1, 0.15) is 36.0 Å². The topological polar surface area (TPSA) is 66.9 Å². The minimum atomic E-state index is -3.43. The molecule has 6 nitrogen and oxygen atoms in total. The largest absolute Gasteiger partial charge is 0.381 e. The summed E-state index contributed by atoms with van der Waals surface area (Å²) in [5, 5.41) is 0. The number of ether oxygens (including phenoxy) is 1. The molecule has 25 heavy (non-hydrogen) atoms. The van der Waals surface area contributed by atoms with Crippen molar-refractivity contribution in [3.63, 3.8) is 0 Å². The van der Waals surface area contributed by atoms with Gasteiger partial charge in [-0.2, -0.15) is 4.31 Å². The molecule has 3 aliphatic heterocycles. The van der Waals surface area contributed by atoms with Gasteiger partial charge in [0.05, 0.1) is 11.5 Å². The normalized spacial score (nSPS) is 27.4. The molecular formula is C18H24N2O4S. The van der Waals surface area contributed by atoms with Crippen LogP contribution in [0.2, 0.25) is 0 Å². The second-order valence-electron chi connectivity index (χ2n) is 7.41. The summed E-state index contributed by atoms with van der Waals surface area (Å²) in [4.78, 5) is 14.9. The lowest BCUT2D eigenvalue weighted by molar-refractivity contribution is 0.0765. The van der Waals surface area contributed by atoms with E-state index in [0.29, 0.717) is 18.7 Å². The van der Waals surface area contributed by atoms with Gasteiger partial charge in [-0.1, -0.05) is 0 Å². The molecule has 0 bridgehead atoms. The molecule has 0 unspecified atom stereocenters. The van der Waals surface area contributed by atoms with Crippen molar-refractivity contribution in [2.24, 2.45) is 5.41 Å². The zero-order valence-corrected chi connectivity index (χ0v) is 15.1. The molecule has 1 spiro atoms.